The van der Waals surface area contributed by atoms with Crippen LogP contribution in [0.15, 0.2) is 0 Å². The minimum absolute atomic E-state index is 0.125. The highest BCUT2D eigenvalue weighted by Gasteiger charge is 2.24. The van der Waals surface area contributed by atoms with E-state index in [9.17, 15) is 4.79 Å². The summed E-state index contributed by atoms with van der Waals surface area (Å²) in [6.07, 6.45) is 5.15. The van der Waals surface area contributed by atoms with E-state index >= 15 is 0 Å². The maximum Gasteiger partial charge on any atom is 0.227 e. The second-order valence-electron chi connectivity index (χ2n) is 6.81. The number of amides is 1. The van der Waals surface area contributed by atoms with Gasteiger partial charge in [-0.25, -0.2) is 0 Å². The molecule has 4 heteroatoms. The molecule has 0 saturated heterocycles. The molecule has 0 aliphatic heterocycles. The van der Waals surface area contributed by atoms with Crippen LogP contribution >= 0.6 is 0 Å². The van der Waals surface area contributed by atoms with E-state index in [1.165, 1.54) is 25.7 Å². The van der Waals surface area contributed by atoms with Gasteiger partial charge in [0.15, 0.2) is 0 Å². The molecule has 1 aliphatic rings. The normalized spacial score (nSPS) is 23.9. The van der Waals surface area contributed by atoms with Crippen LogP contribution < -0.4 is 5.32 Å². The van der Waals surface area contributed by atoms with Gasteiger partial charge in [0.2, 0.25) is 5.91 Å². The van der Waals surface area contributed by atoms with Gasteiger partial charge in [-0.05, 0) is 45.4 Å². The average Bonchev–Trinajstić information content (AvgIpc) is 2.69. The quantitative estimate of drug-likeness (QED) is 0.926. The summed E-state index contributed by atoms with van der Waals surface area (Å²) in [6.45, 7) is 9.14. The van der Waals surface area contributed by atoms with Crippen LogP contribution in [0.5, 0.6) is 0 Å². The number of rotatable bonds is 4. The zero-order valence-electron chi connectivity index (χ0n) is 14.1. The van der Waals surface area contributed by atoms with Crippen LogP contribution in [-0.4, -0.2) is 22.2 Å². The van der Waals surface area contributed by atoms with Crippen molar-refractivity contribution in [1.29, 1.82) is 0 Å². The molecule has 118 valence electrons. The van der Waals surface area contributed by atoms with Gasteiger partial charge < -0.3 is 5.32 Å². The van der Waals surface area contributed by atoms with Crippen LogP contribution in [0.3, 0.4) is 0 Å². The number of hydrogen-bond donors (Lipinski definition) is 1. The molecule has 1 aromatic heterocycles. The van der Waals surface area contributed by atoms with E-state index in [1.54, 1.807) is 0 Å². The molecule has 1 amide bonds. The lowest BCUT2D eigenvalue weighted by Crippen LogP contribution is -2.34. The van der Waals surface area contributed by atoms with E-state index in [0.717, 1.165) is 29.4 Å². The monoisotopic (exact) mass is 291 g/mol. The van der Waals surface area contributed by atoms with Crippen LogP contribution in [0.25, 0.3) is 0 Å². The van der Waals surface area contributed by atoms with Gasteiger partial charge in [-0.15, -0.1) is 0 Å². The minimum atomic E-state index is -0.125. The van der Waals surface area contributed by atoms with Gasteiger partial charge in [-0.3, -0.25) is 9.48 Å². The molecule has 0 bridgehead atoms. The number of carbonyl (C=O) groups is 1. The number of carbonyl (C=O) groups excluding carboxylic acids is 1. The summed E-state index contributed by atoms with van der Waals surface area (Å²) in [5.74, 6) is 1.47. The summed E-state index contributed by atoms with van der Waals surface area (Å²) in [7, 11) is 1.93. The first-order valence-corrected chi connectivity index (χ1v) is 8.18. The average molecular weight is 291 g/mol. The summed E-state index contributed by atoms with van der Waals surface area (Å²) < 4.78 is 1.86. The standard InChI is InChI=1S/C17H29N3O/c1-11-7-6-8-15(9-11)10-18-17(21)12(2)16-13(3)19-20(5)14(16)4/h11-12,15H,6-10H2,1-5H3,(H,18,21)/t11-,12+,15-/m1/s1. The lowest BCUT2D eigenvalue weighted by molar-refractivity contribution is -0.122. The summed E-state index contributed by atoms with van der Waals surface area (Å²) in [4.78, 5) is 12.4. The van der Waals surface area contributed by atoms with Gasteiger partial charge in [0.25, 0.3) is 0 Å². The van der Waals surface area contributed by atoms with E-state index in [4.69, 9.17) is 0 Å². The van der Waals surface area contributed by atoms with Crippen molar-refractivity contribution in [2.75, 3.05) is 6.54 Å². The Kier molecular flexibility index (Phi) is 5.07. The summed E-state index contributed by atoms with van der Waals surface area (Å²) >= 11 is 0. The van der Waals surface area contributed by atoms with Gasteiger partial charge in [-0.2, -0.15) is 5.10 Å². The van der Waals surface area contributed by atoms with Crippen molar-refractivity contribution in [2.24, 2.45) is 18.9 Å². The Morgan fingerprint density at radius 2 is 2.14 bits per heavy atom. The molecular formula is C17H29N3O. The third-order valence-electron chi connectivity index (χ3n) is 5.00. The third-order valence-corrected chi connectivity index (χ3v) is 5.00. The molecule has 0 spiro atoms. The Hall–Kier alpha value is -1.32. The third kappa shape index (κ3) is 3.66. The fourth-order valence-corrected chi connectivity index (χ4v) is 3.69. The smallest absolute Gasteiger partial charge is 0.227 e. The van der Waals surface area contributed by atoms with Crippen LogP contribution in [0.2, 0.25) is 0 Å². The van der Waals surface area contributed by atoms with Crippen molar-refractivity contribution in [3.63, 3.8) is 0 Å². The number of nitrogens with one attached hydrogen (secondary N) is 1. The first-order chi connectivity index (χ1) is 9.90. The van der Waals surface area contributed by atoms with Crippen molar-refractivity contribution in [2.45, 2.75) is 59.3 Å². The largest absolute Gasteiger partial charge is 0.355 e. The molecule has 0 aromatic carbocycles. The predicted octanol–water partition coefficient (Wildman–Crippen LogP) is 3.08. The topological polar surface area (TPSA) is 46.9 Å². The van der Waals surface area contributed by atoms with Crippen molar-refractivity contribution >= 4 is 5.91 Å². The lowest BCUT2D eigenvalue weighted by Gasteiger charge is -2.27. The maximum absolute atomic E-state index is 12.4. The molecule has 2 rings (SSSR count). The number of hydrogen-bond acceptors (Lipinski definition) is 2. The molecular weight excluding hydrogens is 262 g/mol. The van der Waals surface area contributed by atoms with Gasteiger partial charge in [0.1, 0.15) is 0 Å². The van der Waals surface area contributed by atoms with Crippen molar-refractivity contribution in [3.8, 4) is 0 Å². The Morgan fingerprint density at radius 1 is 1.43 bits per heavy atom. The highest BCUT2D eigenvalue weighted by molar-refractivity contribution is 5.83. The second-order valence-corrected chi connectivity index (χ2v) is 6.81. The molecule has 1 aromatic rings. The summed E-state index contributed by atoms with van der Waals surface area (Å²) in [6, 6.07) is 0. The highest BCUT2D eigenvalue weighted by Crippen LogP contribution is 2.28. The Morgan fingerprint density at radius 3 is 2.71 bits per heavy atom. The summed E-state index contributed by atoms with van der Waals surface area (Å²) in [5.41, 5.74) is 3.12. The first kappa shape index (κ1) is 16.1. The Bertz CT molecular complexity index is 506. The first-order valence-electron chi connectivity index (χ1n) is 8.18. The van der Waals surface area contributed by atoms with Crippen LogP contribution in [0.1, 0.15) is 62.4 Å². The Balaban J connectivity index is 1.93. The van der Waals surface area contributed by atoms with E-state index in [0.29, 0.717) is 5.92 Å². The van der Waals surface area contributed by atoms with Crippen molar-refractivity contribution in [3.05, 3.63) is 17.0 Å². The molecule has 1 aliphatic carbocycles. The number of aryl methyl sites for hydroxylation is 2. The zero-order valence-corrected chi connectivity index (χ0v) is 14.1. The van der Waals surface area contributed by atoms with E-state index in [1.807, 2.05) is 32.5 Å². The lowest BCUT2D eigenvalue weighted by atomic mass is 9.82. The fraction of sp³-hybridized carbons (Fsp3) is 0.765. The van der Waals surface area contributed by atoms with Crippen LogP contribution in [0.4, 0.5) is 0 Å². The van der Waals surface area contributed by atoms with Crippen LogP contribution in [0, 0.1) is 25.7 Å². The van der Waals surface area contributed by atoms with Crippen molar-refractivity contribution in [1.82, 2.24) is 15.1 Å². The molecule has 1 heterocycles. The van der Waals surface area contributed by atoms with Crippen molar-refractivity contribution < 1.29 is 4.79 Å². The van der Waals surface area contributed by atoms with E-state index in [2.05, 4.69) is 17.3 Å². The summed E-state index contributed by atoms with van der Waals surface area (Å²) in [5, 5.41) is 7.57. The van der Waals surface area contributed by atoms with Gasteiger partial charge in [0.05, 0.1) is 11.6 Å². The number of aromatic nitrogens is 2. The van der Waals surface area contributed by atoms with E-state index < -0.39 is 0 Å². The van der Waals surface area contributed by atoms with Gasteiger partial charge in [0, 0.05) is 24.8 Å². The van der Waals surface area contributed by atoms with Gasteiger partial charge >= 0.3 is 0 Å². The molecule has 0 unspecified atom stereocenters. The van der Waals surface area contributed by atoms with Crippen LogP contribution in [-0.2, 0) is 11.8 Å². The number of nitrogens with zero attached hydrogens (tertiary/aromatic N) is 2. The molecule has 1 fully saturated rings. The maximum atomic E-state index is 12.4. The minimum Gasteiger partial charge on any atom is -0.355 e. The molecule has 3 atom stereocenters. The zero-order chi connectivity index (χ0) is 15.6. The Labute approximate surface area is 128 Å². The van der Waals surface area contributed by atoms with Gasteiger partial charge in [-0.1, -0.05) is 19.8 Å². The fourth-order valence-electron chi connectivity index (χ4n) is 3.69. The SMILES string of the molecule is Cc1nn(C)c(C)c1[C@H](C)C(=O)NC[C@@H]1CCC[C@@H](C)C1. The van der Waals surface area contributed by atoms with E-state index in [-0.39, 0.29) is 11.8 Å². The second kappa shape index (κ2) is 6.63. The molecule has 1 saturated carbocycles. The molecule has 1 N–H and O–H groups in total. The molecule has 0 radical (unpaired) electrons. The predicted molar refractivity (Wildman–Crippen MR) is 85.2 cm³/mol. The highest BCUT2D eigenvalue weighted by atomic mass is 16.1. The molecule has 21 heavy (non-hydrogen) atoms. The molecule has 4 nitrogen and oxygen atoms in total.